The van der Waals surface area contributed by atoms with Crippen molar-refractivity contribution in [1.82, 2.24) is 25.1 Å². The lowest BCUT2D eigenvalue weighted by Crippen LogP contribution is -2.43. The summed E-state index contributed by atoms with van der Waals surface area (Å²) in [4.78, 5) is 28.0. The molecule has 9 nitrogen and oxygen atoms in total. The van der Waals surface area contributed by atoms with E-state index in [0.29, 0.717) is 34.6 Å². The first kappa shape index (κ1) is 19.6. The van der Waals surface area contributed by atoms with E-state index in [-0.39, 0.29) is 29.8 Å². The maximum absolute atomic E-state index is 13.8. The molecule has 0 aliphatic carbocycles. The first-order valence-corrected chi connectivity index (χ1v) is 10.6. The number of ether oxygens (including phenoxy) is 1. The molecule has 0 bridgehead atoms. The van der Waals surface area contributed by atoms with Crippen LogP contribution in [0.15, 0.2) is 58.0 Å². The molecular formula is C23H18FN5O4. The van der Waals surface area contributed by atoms with Crippen LogP contribution in [0.1, 0.15) is 40.5 Å². The Kier molecular flexibility index (Phi) is 4.46. The lowest BCUT2D eigenvalue weighted by molar-refractivity contribution is 0.0295. The normalized spacial score (nSPS) is 18.2. The quantitative estimate of drug-likeness (QED) is 0.474. The molecule has 2 aliphatic heterocycles. The molecule has 1 unspecified atom stereocenters. The van der Waals surface area contributed by atoms with Gasteiger partial charge in [-0.25, -0.2) is 9.07 Å². The molecule has 0 spiro atoms. The van der Waals surface area contributed by atoms with Crippen LogP contribution in [-0.4, -0.2) is 43.7 Å². The van der Waals surface area contributed by atoms with Crippen molar-refractivity contribution < 1.29 is 18.4 Å². The van der Waals surface area contributed by atoms with Crippen LogP contribution in [0.4, 0.5) is 4.39 Å². The fraction of sp³-hybridized carbons (Fsp3) is 0.261. The Bertz CT molecular complexity index is 1430. The van der Waals surface area contributed by atoms with Crippen LogP contribution >= 0.6 is 0 Å². The molecule has 2 aliphatic rings. The average molecular weight is 447 g/mol. The third kappa shape index (κ3) is 3.25. The summed E-state index contributed by atoms with van der Waals surface area (Å²) in [6.07, 6.45) is 2.97. The first-order chi connectivity index (χ1) is 16.1. The minimum atomic E-state index is -0.668. The number of carbonyl (C=O) groups is 1. The van der Waals surface area contributed by atoms with Gasteiger partial charge in [0.25, 0.3) is 11.5 Å². The first-order valence-electron chi connectivity index (χ1n) is 10.6. The Morgan fingerprint density at radius 1 is 1.18 bits per heavy atom. The second kappa shape index (κ2) is 7.51. The number of hydrogen-bond acceptors (Lipinski definition) is 7. The zero-order chi connectivity index (χ0) is 22.5. The molecule has 6 rings (SSSR count). The predicted octanol–water partition coefficient (Wildman–Crippen LogP) is 2.71. The monoisotopic (exact) mass is 447 g/mol. The molecule has 4 heterocycles. The van der Waals surface area contributed by atoms with Crippen molar-refractivity contribution in [2.24, 2.45) is 0 Å². The Labute approximate surface area is 186 Å². The molecule has 33 heavy (non-hydrogen) atoms. The number of benzene rings is 2. The SMILES string of the molecule is O=C1c2cc3nnn([C@@H](Cc4cccc(F)c4)c4ccon4)c(=O)c3cc2OC2CCCN12. The van der Waals surface area contributed by atoms with Gasteiger partial charge in [-0.15, -0.1) is 5.10 Å². The fourth-order valence-electron chi connectivity index (χ4n) is 4.54. The summed E-state index contributed by atoms with van der Waals surface area (Å²) < 4.78 is 26.0. The van der Waals surface area contributed by atoms with Crippen LogP contribution in [0.25, 0.3) is 10.9 Å². The molecule has 1 fully saturated rings. The van der Waals surface area contributed by atoms with Gasteiger partial charge in [-0.2, -0.15) is 0 Å². The van der Waals surface area contributed by atoms with E-state index in [1.54, 1.807) is 35.2 Å². The Hall–Kier alpha value is -4.08. The molecule has 10 heteroatoms. The van der Waals surface area contributed by atoms with E-state index in [1.165, 1.54) is 23.1 Å². The number of carbonyl (C=O) groups excluding carboxylic acids is 1. The van der Waals surface area contributed by atoms with Crippen LogP contribution in [0.5, 0.6) is 5.75 Å². The molecule has 1 amide bonds. The van der Waals surface area contributed by atoms with Gasteiger partial charge >= 0.3 is 0 Å². The van der Waals surface area contributed by atoms with Crippen LogP contribution in [0.2, 0.25) is 0 Å². The molecule has 0 radical (unpaired) electrons. The number of amides is 1. The molecule has 0 N–H and O–H groups in total. The lowest BCUT2D eigenvalue weighted by Gasteiger charge is -2.31. The van der Waals surface area contributed by atoms with Gasteiger partial charge in [0.2, 0.25) is 0 Å². The number of aromatic nitrogens is 4. The van der Waals surface area contributed by atoms with E-state index in [9.17, 15) is 14.0 Å². The number of hydrogen-bond donors (Lipinski definition) is 0. The number of nitrogens with zero attached hydrogens (tertiary/aromatic N) is 5. The molecule has 0 saturated carbocycles. The highest BCUT2D eigenvalue weighted by Crippen LogP contribution is 2.34. The van der Waals surface area contributed by atoms with Gasteiger partial charge in [-0.05, 0) is 36.2 Å². The van der Waals surface area contributed by atoms with Crippen molar-refractivity contribution in [2.45, 2.75) is 31.5 Å². The Morgan fingerprint density at radius 3 is 2.91 bits per heavy atom. The van der Waals surface area contributed by atoms with Gasteiger partial charge in [-0.1, -0.05) is 22.5 Å². The molecule has 2 aromatic heterocycles. The topological polar surface area (TPSA) is 103 Å². The van der Waals surface area contributed by atoms with Gasteiger partial charge in [-0.3, -0.25) is 9.59 Å². The summed E-state index contributed by atoms with van der Waals surface area (Å²) in [6.45, 7) is 0.647. The van der Waals surface area contributed by atoms with Crippen LogP contribution in [0, 0.1) is 5.82 Å². The highest BCUT2D eigenvalue weighted by Gasteiger charge is 2.37. The maximum Gasteiger partial charge on any atom is 0.278 e. The van der Waals surface area contributed by atoms with Crippen molar-refractivity contribution >= 4 is 16.8 Å². The minimum absolute atomic E-state index is 0.127. The second-order valence-electron chi connectivity index (χ2n) is 8.19. The second-order valence-corrected chi connectivity index (χ2v) is 8.19. The summed E-state index contributed by atoms with van der Waals surface area (Å²) >= 11 is 0. The summed E-state index contributed by atoms with van der Waals surface area (Å²) in [6, 6.07) is 10.2. The molecular weight excluding hydrogens is 429 g/mol. The van der Waals surface area contributed by atoms with Crippen LogP contribution in [0.3, 0.4) is 0 Å². The van der Waals surface area contributed by atoms with Crippen LogP contribution in [-0.2, 0) is 6.42 Å². The standard InChI is InChI=1S/C23H18FN5O4/c24-14-4-1-3-13(9-14)10-19(17-6-8-32-26-17)29-23(31)15-12-20-16(11-18(15)25-27-29)22(30)28-7-2-5-21(28)33-20/h1,3-4,6,8-9,11-12,19,21H,2,5,7,10H2/t19-,21?/m0/s1. The van der Waals surface area contributed by atoms with Crippen molar-refractivity contribution in [2.75, 3.05) is 6.54 Å². The zero-order valence-electron chi connectivity index (χ0n) is 17.3. The minimum Gasteiger partial charge on any atom is -0.470 e. The summed E-state index contributed by atoms with van der Waals surface area (Å²) in [5, 5.41) is 12.6. The predicted molar refractivity (Wildman–Crippen MR) is 113 cm³/mol. The highest BCUT2D eigenvalue weighted by atomic mass is 19.1. The number of fused-ring (bicyclic) bond motifs is 3. The van der Waals surface area contributed by atoms with Gasteiger partial charge in [0.1, 0.15) is 35.1 Å². The Balaban J connectivity index is 1.46. The molecule has 2 aromatic carbocycles. The van der Waals surface area contributed by atoms with Crippen molar-refractivity contribution in [3.8, 4) is 5.75 Å². The maximum atomic E-state index is 13.8. The smallest absolute Gasteiger partial charge is 0.278 e. The zero-order valence-corrected chi connectivity index (χ0v) is 17.3. The largest absolute Gasteiger partial charge is 0.470 e. The van der Waals surface area contributed by atoms with Gasteiger partial charge in [0.15, 0.2) is 6.23 Å². The van der Waals surface area contributed by atoms with Gasteiger partial charge < -0.3 is 14.2 Å². The average Bonchev–Trinajstić information content (AvgIpc) is 3.50. The third-order valence-electron chi connectivity index (χ3n) is 6.15. The molecule has 4 aromatic rings. The van der Waals surface area contributed by atoms with E-state index in [4.69, 9.17) is 9.26 Å². The molecule has 166 valence electrons. The summed E-state index contributed by atoms with van der Waals surface area (Å²) in [7, 11) is 0. The van der Waals surface area contributed by atoms with Gasteiger partial charge in [0, 0.05) is 25.5 Å². The van der Waals surface area contributed by atoms with Crippen molar-refractivity contribution in [1.29, 1.82) is 0 Å². The Morgan fingerprint density at radius 2 is 2.09 bits per heavy atom. The van der Waals surface area contributed by atoms with E-state index in [0.717, 1.165) is 12.8 Å². The van der Waals surface area contributed by atoms with E-state index >= 15 is 0 Å². The van der Waals surface area contributed by atoms with E-state index in [2.05, 4.69) is 15.5 Å². The van der Waals surface area contributed by atoms with Gasteiger partial charge in [0.05, 0.1) is 10.9 Å². The number of rotatable bonds is 4. The van der Waals surface area contributed by atoms with Crippen LogP contribution < -0.4 is 10.3 Å². The molecule has 2 atom stereocenters. The van der Waals surface area contributed by atoms with E-state index in [1.807, 2.05) is 0 Å². The van der Waals surface area contributed by atoms with E-state index < -0.39 is 11.6 Å². The molecule has 1 saturated heterocycles. The highest BCUT2D eigenvalue weighted by molar-refractivity contribution is 6.01. The summed E-state index contributed by atoms with van der Waals surface area (Å²) in [5.41, 5.74) is 1.38. The fourth-order valence-corrected chi connectivity index (χ4v) is 4.54. The van der Waals surface area contributed by atoms with Crippen molar-refractivity contribution in [3.05, 3.63) is 81.7 Å². The summed E-state index contributed by atoms with van der Waals surface area (Å²) in [5.74, 6) is -0.133. The third-order valence-corrected chi connectivity index (χ3v) is 6.15. The lowest BCUT2D eigenvalue weighted by atomic mass is 10.0. The number of halogens is 1. The van der Waals surface area contributed by atoms with Crippen molar-refractivity contribution in [3.63, 3.8) is 0 Å².